The number of carbonyl (C=O) groups excluding carboxylic acids is 2. The molecule has 0 aromatic heterocycles. The maximum Gasteiger partial charge on any atom is 0.211 e. The fraction of sp³-hybridized carbons (Fsp3) is 0.158. The van der Waals surface area contributed by atoms with Gasteiger partial charge in [0.2, 0.25) is 6.41 Å². The summed E-state index contributed by atoms with van der Waals surface area (Å²) in [4.78, 5) is 24.4. The lowest BCUT2D eigenvalue weighted by Crippen LogP contribution is -1.98. The summed E-state index contributed by atoms with van der Waals surface area (Å²) in [6.45, 7) is 7.52. The lowest BCUT2D eigenvalue weighted by molar-refractivity contribution is -0.105. The number of ketones is 1. The van der Waals surface area contributed by atoms with Gasteiger partial charge in [0.05, 0.1) is 0 Å². The molecule has 0 fully saturated rings. The number of nitrogens with one attached hydrogen (secondary N) is 1. The van der Waals surface area contributed by atoms with Crippen molar-refractivity contribution in [3.63, 3.8) is 0 Å². The zero-order valence-corrected chi connectivity index (χ0v) is 14.1. The quantitative estimate of drug-likeness (QED) is 0.455. The molecule has 4 heteroatoms. The van der Waals surface area contributed by atoms with Crippen molar-refractivity contribution >= 4 is 29.6 Å². The SMILES string of the molecule is C=C(C)Cc1ccc(NC=O)cc1Sc1ccccc1C(C)=O. The predicted molar refractivity (Wildman–Crippen MR) is 95.2 cm³/mol. The molecule has 3 nitrogen and oxygen atoms in total. The Morgan fingerprint density at radius 3 is 2.57 bits per heavy atom. The fourth-order valence-corrected chi connectivity index (χ4v) is 3.41. The first kappa shape index (κ1) is 17.0. The zero-order valence-electron chi connectivity index (χ0n) is 13.3. The molecular weight excluding hydrogens is 306 g/mol. The molecular formula is C19H19NO2S. The lowest BCUT2D eigenvalue weighted by atomic mass is 10.1. The minimum absolute atomic E-state index is 0.0386. The van der Waals surface area contributed by atoms with Crippen LogP contribution in [0.5, 0.6) is 0 Å². The number of amides is 1. The van der Waals surface area contributed by atoms with Crippen LogP contribution in [0, 0.1) is 0 Å². The maximum absolute atomic E-state index is 11.8. The van der Waals surface area contributed by atoms with Crippen LogP contribution in [0.2, 0.25) is 0 Å². The van der Waals surface area contributed by atoms with E-state index < -0.39 is 0 Å². The molecule has 0 spiro atoms. The number of benzene rings is 2. The van der Waals surface area contributed by atoms with Gasteiger partial charge in [-0.1, -0.05) is 48.2 Å². The van der Waals surface area contributed by atoms with Gasteiger partial charge in [0.15, 0.2) is 5.78 Å². The molecule has 0 saturated heterocycles. The standard InChI is InChI=1S/C19H19NO2S/c1-13(2)10-15-8-9-16(20-12-21)11-19(15)23-18-7-5-4-6-17(18)14(3)22/h4-9,11-12H,1,10H2,2-3H3,(H,20,21). The number of anilines is 1. The second kappa shape index (κ2) is 7.79. The molecule has 1 N–H and O–H groups in total. The second-order valence-corrected chi connectivity index (χ2v) is 6.46. The third kappa shape index (κ3) is 4.57. The predicted octanol–water partition coefficient (Wildman–Crippen LogP) is 4.73. The van der Waals surface area contributed by atoms with Crippen LogP contribution >= 0.6 is 11.8 Å². The topological polar surface area (TPSA) is 46.2 Å². The van der Waals surface area contributed by atoms with Crippen LogP contribution in [0.25, 0.3) is 0 Å². The minimum atomic E-state index is 0.0386. The molecule has 0 heterocycles. The molecule has 2 rings (SSSR count). The first-order valence-corrected chi connectivity index (χ1v) is 8.08. The van der Waals surface area contributed by atoms with E-state index in [-0.39, 0.29) is 5.78 Å². The highest BCUT2D eigenvalue weighted by Gasteiger charge is 2.11. The van der Waals surface area contributed by atoms with Crippen molar-refractivity contribution in [2.24, 2.45) is 0 Å². The van der Waals surface area contributed by atoms with Crippen molar-refractivity contribution in [3.05, 3.63) is 65.7 Å². The van der Waals surface area contributed by atoms with Gasteiger partial charge in [-0.3, -0.25) is 9.59 Å². The summed E-state index contributed by atoms with van der Waals surface area (Å²) < 4.78 is 0. The fourth-order valence-electron chi connectivity index (χ4n) is 2.24. The molecule has 0 unspecified atom stereocenters. The Hall–Kier alpha value is -2.33. The van der Waals surface area contributed by atoms with Gasteiger partial charge in [-0.25, -0.2) is 0 Å². The Labute approximate surface area is 140 Å². The molecule has 0 saturated carbocycles. The Kier molecular flexibility index (Phi) is 5.77. The molecule has 118 valence electrons. The van der Waals surface area contributed by atoms with E-state index in [0.717, 1.165) is 33.0 Å². The molecule has 0 aliphatic carbocycles. The van der Waals surface area contributed by atoms with Crippen molar-refractivity contribution in [1.82, 2.24) is 0 Å². The summed E-state index contributed by atoms with van der Waals surface area (Å²) in [7, 11) is 0. The summed E-state index contributed by atoms with van der Waals surface area (Å²) >= 11 is 1.53. The number of hydrogen-bond acceptors (Lipinski definition) is 3. The van der Waals surface area contributed by atoms with Crippen molar-refractivity contribution < 1.29 is 9.59 Å². The van der Waals surface area contributed by atoms with Gasteiger partial charge in [0, 0.05) is 21.0 Å². The Balaban J connectivity index is 2.44. The van der Waals surface area contributed by atoms with E-state index in [1.807, 2.05) is 49.4 Å². The smallest absolute Gasteiger partial charge is 0.211 e. The van der Waals surface area contributed by atoms with Crippen LogP contribution in [0.4, 0.5) is 5.69 Å². The number of Topliss-reactive ketones (excluding diaryl/α,β-unsaturated/α-hetero) is 1. The Bertz CT molecular complexity index is 753. The molecule has 0 aliphatic rings. The average molecular weight is 325 g/mol. The van der Waals surface area contributed by atoms with Crippen LogP contribution < -0.4 is 5.32 Å². The molecule has 2 aromatic carbocycles. The van der Waals surface area contributed by atoms with Gasteiger partial charge < -0.3 is 5.32 Å². The molecule has 0 aliphatic heterocycles. The van der Waals surface area contributed by atoms with E-state index in [1.165, 1.54) is 11.8 Å². The summed E-state index contributed by atoms with van der Waals surface area (Å²) in [5.41, 5.74) is 3.61. The van der Waals surface area contributed by atoms with Gasteiger partial charge in [-0.15, -0.1) is 0 Å². The molecule has 0 radical (unpaired) electrons. The minimum Gasteiger partial charge on any atom is -0.329 e. The highest BCUT2D eigenvalue weighted by Crippen LogP contribution is 2.35. The van der Waals surface area contributed by atoms with E-state index >= 15 is 0 Å². The largest absolute Gasteiger partial charge is 0.329 e. The monoisotopic (exact) mass is 325 g/mol. The summed E-state index contributed by atoms with van der Waals surface area (Å²) in [6, 6.07) is 13.3. The van der Waals surface area contributed by atoms with Crippen molar-refractivity contribution in [1.29, 1.82) is 0 Å². The number of allylic oxidation sites excluding steroid dienone is 1. The number of carbonyl (C=O) groups is 2. The van der Waals surface area contributed by atoms with E-state index in [9.17, 15) is 9.59 Å². The van der Waals surface area contributed by atoms with Crippen LogP contribution in [0.3, 0.4) is 0 Å². The third-order valence-corrected chi connectivity index (χ3v) is 4.45. The van der Waals surface area contributed by atoms with Crippen molar-refractivity contribution in [2.75, 3.05) is 5.32 Å². The van der Waals surface area contributed by atoms with Crippen LogP contribution in [-0.2, 0) is 11.2 Å². The average Bonchev–Trinajstić information content (AvgIpc) is 2.50. The third-order valence-electron chi connectivity index (χ3n) is 3.27. The zero-order chi connectivity index (χ0) is 16.8. The summed E-state index contributed by atoms with van der Waals surface area (Å²) in [6.07, 6.45) is 1.41. The van der Waals surface area contributed by atoms with Crippen molar-refractivity contribution in [2.45, 2.75) is 30.1 Å². The first-order chi connectivity index (χ1) is 11.0. The van der Waals surface area contributed by atoms with Crippen LogP contribution in [0.15, 0.2) is 64.4 Å². The molecule has 23 heavy (non-hydrogen) atoms. The van der Waals surface area contributed by atoms with E-state index in [4.69, 9.17) is 0 Å². The Morgan fingerprint density at radius 2 is 1.91 bits per heavy atom. The highest BCUT2D eigenvalue weighted by molar-refractivity contribution is 7.99. The molecule has 0 bridgehead atoms. The normalized spacial score (nSPS) is 10.2. The number of hydrogen-bond donors (Lipinski definition) is 1. The van der Waals surface area contributed by atoms with Gasteiger partial charge in [0.1, 0.15) is 0 Å². The molecule has 2 aromatic rings. The first-order valence-electron chi connectivity index (χ1n) is 7.26. The second-order valence-electron chi connectivity index (χ2n) is 5.37. The van der Waals surface area contributed by atoms with Gasteiger partial charge in [-0.05, 0) is 44.0 Å². The highest BCUT2D eigenvalue weighted by atomic mass is 32.2. The summed E-state index contributed by atoms with van der Waals surface area (Å²) in [5.74, 6) is 0.0386. The van der Waals surface area contributed by atoms with E-state index in [1.54, 1.807) is 6.92 Å². The van der Waals surface area contributed by atoms with Gasteiger partial charge in [-0.2, -0.15) is 0 Å². The maximum atomic E-state index is 11.8. The van der Waals surface area contributed by atoms with Crippen LogP contribution in [0.1, 0.15) is 29.8 Å². The molecule has 1 amide bonds. The lowest BCUT2D eigenvalue weighted by Gasteiger charge is -2.13. The summed E-state index contributed by atoms with van der Waals surface area (Å²) in [5, 5.41) is 2.67. The van der Waals surface area contributed by atoms with E-state index in [2.05, 4.69) is 11.9 Å². The van der Waals surface area contributed by atoms with Gasteiger partial charge >= 0.3 is 0 Å². The van der Waals surface area contributed by atoms with Crippen LogP contribution in [-0.4, -0.2) is 12.2 Å². The van der Waals surface area contributed by atoms with E-state index in [0.29, 0.717) is 12.0 Å². The number of rotatable bonds is 7. The Morgan fingerprint density at radius 1 is 1.17 bits per heavy atom. The van der Waals surface area contributed by atoms with Crippen molar-refractivity contribution in [3.8, 4) is 0 Å². The molecule has 0 atom stereocenters. The van der Waals surface area contributed by atoms with Gasteiger partial charge in [0.25, 0.3) is 0 Å².